The monoisotopic (exact) mass is 369 g/mol. The summed E-state index contributed by atoms with van der Waals surface area (Å²) in [5, 5.41) is 0. The van der Waals surface area contributed by atoms with Gasteiger partial charge in [0.1, 0.15) is 6.54 Å². The molecular weight excluding hydrogens is 350 g/mol. The molecule has 2 aromatic rings. The molecule has 0 saturated carbocycles. The normalized spacial score (nSPS) is 11.0. The Morgan fingerprint density at radius 2 is 1.40 bits per heavy atom. The summed E-state index contributed by atoms with van der Waals surface area (Å²) in [4.78, 5) is 0. The average molecular weight is 370 g/mol. The minimum atomic E-state index is -4.94. The first-order valence-corrected chi connectivity index (χ1v) is 8.51. The van der Waals surface area contributed by atoms with Gasteiger partial charge in [-0.25, -0.2) is 23.2 Å². The Morgan fingerprint density at radius 1 is 0.880 bits per heavy atom. The molecule has 136 valence electrons. The van der Waals surface area contributed by atoms with Crippen LogP contribution in [0.4, 0.5) is 0 Å². The Balaban J connectivity index is 0.000000550. The lowest BCUT2D eigenvalue weighted by atomic mass is 10.1. The first-order chi connectivity index (χ1) is 11.8. The van der Waals surface area contributed by atoms with Crippen molar-refractivity contribution in [1.29, 1.82) is 0 Å². The van der Waals surface area contributed by atoms with E-state index in [9.17, 15) is 0 Å². The van der Waals surface area contributed by atoms with Gasteiger partial charge in [0, 0.05) is 12.1 Å². The Bertz CT molecular complexity index is 677. The van der Waals surface area contributed by atoms with Crippen molar-refractivity contribution in [3.05, 3.63) is 53.9 Å². The average Bonchev–Trinajstić information content (AvgIpc) is 2.58. The van der Waals surface area contributed by atoms with Gasteiger partial charge in [-0.15, -0.1) is 10.2 Å². The van der Waals surface area contributed by atoms with Crippen molar-refractivity contribution in [1.82, 2.24) is 0 Å². The van der Waals surface area contributed by atoms with Gasteiger partial charge in [-0.05, 0) is 30.2 Å². The van der Waals surface area contributed by atoms with Gasteiger partial charge in [0.2, 0.25) is 0 Å². The van der Waals surface area contributed by atoms with Crippen molar-refractivity contribution < 1.29 is 42.9 Å². The van der Waals surface area contributed by atoms with Crippen molar-refractivity contribution in [2.45, 2.75) is 13.5 Å². The fraction of sp³-hybridized carbons (Fsp3) is 0.235. The molecule has 1 aromatic carbocycles. The van der Waals surface area contributed by atoms with E-state index in [0.29, 0.717) is 0 Å². The summed E-state index contributed by atoms with van der Waals surface area (Å²) in [6.07, 6.45) is 8.30. The molecule has 0 spiro atoms. The lowest BCUT2D eigenvalue weighted by molar-refractivity contribution is -2.00. The van der Waals surface area contributed by atoms with Crippen LogP contribution in [0.1, 0.15) is 18.1 Å². The van der Waals surface area contributed by atoms with Gasteiger partial charge in [0.25, 0.3) is 0 Å². The maximum atomic E-state index is 8.49. The van der Waals surface area contributed by atoms with Crippen LogP contribution in [0.15, 0.2) is 42.7 Å². The van der Waals surface area contributed by atoms with Crippen molar-refractivity contribution in [3.8, 4) is 11.5 Å². The molecule has 0 radical (unpaired) electrons. The Hall–Kier alpha value is -2.16. The molecule has 0 saturated heterocycles. The zero-order valence-corrected chi connectivity index (χ0v) is 14.9. The van der Waals surface area contributed by atoms with Crippen LogP contribution in [0.5, 0.6) is 11.5 Å². The molecule has 2 rings (SSSR count). The molecule has 0 bridgehead atoms. The van der Waals surface area contributed by atoms with E-state index in [2.05, 4.69) is 48.2 Å². The number of halogens is 1. The predicted octanol–water partition coefficient (Wildman–Crippen LogP) is -1.57. The van der Waals surface area contributed by atoms with E-state index in [4.69, 9.17) is 28.1 Å². The van der Waals surface area contributed by atoms with E-state index in [1.54, 1.807) is 14.2 Å². The number of benzene rings is 1. The highest BCUT2D eigenvalue weighted by molar-refractivity contribution is 5.70. The second-order valence-electron chi connectivity index (χ2n) is 4.79. The topological polar surface area (TPSA) is 115 Å². The van der Waals surface area contributed by atoms with E-state index < -0.39 is 10.2 Å². The highest BCUT2D eigenvalue weighted by atomic mass is 35.7. The van der Waals surface area contributed by atoms with Crippen molar-refractivity contribution in [2.75, 3.05) is 14.2 Å². The largest absolute Gasteiger partial charge is 0.493 e. The Labute approximate surface area is 148 Å². The van der Waals surface area contributed by atoms with Crippen molar-refractivity contribution >= 4 is 12.2 Å². The van der Waals surface area contributed by atoms with Crippen LogP contribution >= 0.6 is 0 Å². The quantitative estimate of drug-likeness (QED) is 0.588. The highest BCUT2D eigenvalue weighted by Gasteiger charge is 2.02. The van der Waals surface area contributed by atoms with Crippen LogP contribution in [0.2, 0.25) is 0 Å². The zero-order chi connectivity index (χ0) is 18.9. The number of hydrogen-bond donors (Lipinski definition) is 0. The number of hydrogen-bond acceptors (Lipinski definition) is 6. The molecule has 0 N–H and O–H groups in total. The molecule has 0 aliphatic heterocycles. The van der Waals surface area contributed by atoms with Crippen LogP contribution in [-0.4, -0.2) is 14.2 Å². The van der Waals surface area contributed by atoms with Gasteiger partial charge in [0.05, 0.1) is 14.2 Å². The SMILES string of the molecule is CC[n+]1ccc(/C=C/c2ccc(OC)c(OC)c2)cc1.[O-][Cl+3]([O-])([O-])[O-]. The van der Waals surface area contributed by atoms with Gasteiger partial charge in [-0.2, -0.15) is 0 Å². The lowest BCUT2D eigenvalue weighted by Crippen LogP contribution is -2.68. The zero-order valence-electron chi connectivity index (χ0n) is 14.2. The molecule has 0 amide bonds. The molecule has 0 aliphatic carbocycles. The fourth-order valence-corrected chi connectivity index (χ4v) is 1.94. The van der Waals surface area contributed by atoms with E-state index >= 15 is 0 Å². The summed E-state index contributed by atoms with van der Waals surface area (Å²) < 4.78 is 46.6. The molecule has 1 heterocycles. The minimum absolute atomic E-state index is 0.742. The number of pyridine rings is 1. The van der Waals surface area contributed by atoms with Crippen LogP contribution in [0.3, 0.4) is 0 Å². The third-order valence-corrected chi connectivity index (χ3v) is 3.16. The highest BCUT2D eigenvalue weighted by Crippen LogP contribution is 2.28. The molecule has 8 heteroatoms. The van der Waals surface area contributed by atoms with Crippen molar-refractivity contribution in [3.63, 3.8) is 0 Å². The molecule has 25 heavy (non-hydrogen) atoms. The second-order valence-corrected chi connectivity index (χ2v) is 5.54. The van der Waals surface area contributed by atoms with Gasteiger partial charge >= 0.3 is 0 Å². The number of ether oxygens (including phenoxy) is 2. The molecule has 0 fully saturated rings. The lowest BCUT2D eigenvalue weighted by Gasteiger charge is -2.17. The number of methoxy groups -OCH3 is 2. The van der Waals surface area contributed by atoms with E-state index in [-0.39, 0.29) is 0 Å². The maximum absolute atomic E-state index is 8.49. The molecule has 0 aliphatic rings. The summed E-state index contributed by atoms with van der Waals surface area (Å²) in [5.41, 5.74) is 2.25. The van der Waals surface area contributed by atoms with Crippen molar-refractivity contribution in [2.24, 2.45) is 0 Å². The first kappa shape index (κ1) is 20.9. The van der Waals surface area contributed by atoms with E-state index in [0.717, 1.165) is 23.6 Å². The Morgan fingerprint density at radius 3 is 1.88 bits per heavy atom. The van der Waals surface area contributed by atoms with Crippen LogP contribution < -0.4 is 32.7 Å². The summed E-state index contributed by atoms with van der Waals surface area (Å²) in [5.74, 6) is 1.49. The number of aromatic nitrogens is 1. The molecule has 0 atom stereocenters. The standard InChI is InChI=1S/C17H20NO2.ClHO4/c1-4-18-11-9-14(10-12-18)5-6-15-7-8-16(19-2)17(13-15)20-3;2-1(3,4)5/h5-13H,4H2,1-3H3;(H,2,3,4,5)/q+1;/p-1/b6-5+;. The number of nitrogens with zero attached hydrogens (tertiary/aromatic N) is 1. The Kier molecular flexibility index (Phi) is 8.33. The molecule has 7 nitrogen and oxygen atoms in total. The van der Waals surface area contributed by atoms with Gasteiger partial charge in [-0.3, -0.25) is 0 Å². The smallest absolute Gasteiger partial charge is 0.169 e. The molecule has 0 unspecified atom stereocenters. The summed E-state index contributed by atoms with van der Waals surface area (Å²) >= 11 is 0. The summed E-state index contributed by atoms with van der Waals surface area (Å²) in [6, 6.07) is 10.1. The van der Waals surface area contributed by atoms with Crippen LogP contribution in [0, 0.1) is 10.2 Å². The third kappa shape index (κ3) is 8.48. The van der Waals surface area contributed by atoms with Gasteiger partial charge < -0.3 is 9.47 Å². The summed E-state index contributed by atoms with van der Waals surface area (Å²) in [6.45, 7) is 3.11. The number of aryl methyl sites for hydroxylation is 1. The maximum Gasteiger partial charge on any atom is 0.169 e. The van der Waals surface area contributed by atoms with E-state index in [1.165, 1.54) is 5.56 Å². The fourth-order valence-electron chi connectivity index (χ4n) is 1.94. The van der Waals surface area contributed by atoms with Gasteiger partial charge in [0.15, 0.2) is 23.9 Å². The third-order valence-electron chi connectivity index (χ3n) is 3.16. The predicted molar refractivity (Wildman–Crippen MR) is 80.8 cm³/mol. The minimum Gasteiger partial charge on any atom is -0.493 e. The summed E-state index contributed by atoms with van der Waals surface area (Å²) in [7, 11) is -1.66. The molecular formula is C17H20ClNO6. The molecule has 1 aromatic heterocycles. The van der Waals surface area contributed by atoms with Gasteiger partial charge in [-0.1, -0.05) is 18.2 Å². The van der Waals surface area contributed by atoms with Crippen LogP contribution in [0.25, 0.3) is 12.2 Å². The van der Waals surface area contributed by atoms with Crippen LogP contribution in [-0.2, 0) is 6.54 Å². The second kappa shape index (κ2) is 9.97. The first-order valence-electron chi connectivity index (χ1n) is 7.27. The van der Waals surface area contributed by atoms with E-state index in [1.807, 2.05) is 18.2 Å². The number of rotatable bonds is 5.